The second-order valence-corrected chi connectivity index (χ2v) is 7.13. The minimum absolute atomic E-state index is 0.0298. The molecule has 1 heterocycles. The van der Waals surface area contributed by atoms with Gasteiger partial charge in [0, 0.05) is 11.4 Å². The maximum atomic E-state index is 13.2. The van der Waals surface area contributed by atoms with E-state index in [0.717, 1.165) is 22.3 Å². The monoisotopic (exact) mass is 368 g/mol. The van der Waals surface area contributed by atoms with E-state index in [9.17, 15) is 9.18 Å². The van der Waals surface area contributed by atoms with Crippen LogP contribution in [0.25, 0.3) is 11.0 Å². The van der Waals surface area contributed by atoms with Crippen molar-refractivity contribution >= 4 is 16.9 Å². The van der Waals surface area contributed by atoms with E-state index < -0.39 is 0 Å². The molecular weight excluding hydrogens is 343 g/mol. The highest BCUT2D eigenvalue weighted by Gasteiger charge is 2.18. The maximum absolute atomic E-state index is 13.2. The van der Waals surface area contributed by atoms with Crippen molar-refractivity contribution in [2.75, 3.05) is 6.54 Å². The molecule has 2 N–H and O–H groups in total. The van der Waals surface area contributed by atoms with Crippen LogP contribution in [0.1, 0.15) is 44.2 Å². The van der Waals surface area contributed by atoms with Crippen LogP contribution in [0.2, 0.25) is 0 Å². The molecule has 0 spiro atoms. The zero-order chi connectivity index (χ0) is 19.4. The van der Waals surface area contributed by atoms with E-state index in [-0.39, 0.29) is 36.3 Å². The fourth-order valence-corrected chi connectivity index (χ4v) is 3.19. The van der Waals surface area contributed by atoms with Crippen LogP contribution in [-0.4, -0.2) is 12.5 Å². The van der Waals surface area contributed by atoms with E-state index in [1.165, 1.54) is 12.1 Å². The summed E-state index contributed by atoms with van der Waals surface area (Å²) in [5.41, 5.74) is 1.77. The lowest BCUT2D eigenvalue weighted by Crippen LogP contribution is -2.38. The maximum Gasteiger partial charge on any atom is 0.234 e. The van der Waals surface area contributed by atoms with Gasteiger partial charge in [0.05, 0.1) is 12.6 Å². The molecular formula is C22H25FN2O2. The largest absolute Gasteiger partial charge is 0.459 e. The Bertz CT molecular complexity index is 869. The molecule has 0 saturated heterocycles. The van der Waals surface area contributed by atoms with Gasteiger partial charge in [0.2, 0.25) is 5.91 Å². The molecule has 0 saturated carbocycles. The topological polar surface area (TPSA) is 54.3 Å². The van der Waals surface area contributed by atoms with Gasteiger partial charge in [0.1, 0.15) is 17.2 Å². The Morgan fingerprint density at radius 2 is 1.78 bits per heavy atom. The fourth-order valence-electron chi connectivity index (χ4n) is 3.19. The van der Waals surface area contributed by atoms with E-state index in [1.54, 1.807) is 12.1 Å². The van der Waals surface area contributed by atoms with Gasteiger partial charge in [-0.25, -0.2) is 4.39 Å². The van der Waals surface area contributed by atoms with Gasteiger partial charge in [-0.3, -0.25) is 4.79 Å². The standard InChI is InChI=1S/C22H25FN2O2/c1-14(2)22(16-8-10-18(23)11-9-16)24-13-21(26)25-15(3)20-12-17-6-4-5-7-19(17)27-20/h4-12,14-15,22,24H,13H2,1-3H3,(H,25,26)/t15-,22-/m1/s1. The summed E-state index contributed by atoms with van der Waals surface area (Å²) in [6.07, 6.45) is 0. The van der Waals surface area contributed by atoms with Crippen LogP contribution in [0.15, 0.2) is 59.0 Å². The highest BCUT2D eigenvalue weighted by atomic mass is 19.1. The number of para-hydroxylation sites is 1. The minimum atomic E-state index is -0.265. The third-order valence-electron chi connectivity index (χ3n) is 4.63. The fraction of sp³-hybridized carbons (Fsp3) is 0.318. The van der Waals surface area contributed by atoms with Crippen molar-refractivity contribution < 1.29 is 13.6 Å². The Kier molecular flexibility index (Phi) is 5.91. The molecule has 0 radical (unpaired) electrons. The first-order chi connectivity index (χ1) is 12.9. The van der Waals surface area contributed by atoms with Crippen LogP contribution in [0, 0.1) is 11.7 Å². The SMILES string of the molecule is CC(C)[C@@H](NCC(=O)N[C@H](C)c1cc2ccccc2o1)c1ccc(F)cc1. The molecule has 4 nitrogen and oxygen atoms in total. The summed E-state index contributed by atoms with van der Waals surface area (Å²) in [6.45, 7) is 6.20. The molecule has 27 heavy (non-hydrogen) atoms. The Morgan fingerprint density at radius 3 is 2.44 bits per heavy atom. The van der Waals surface area contributed by atoms with Gasteiger partial charge in [-0.1, -0.05) is 44.2 Å². The Balaban J connectivity index is 1.59. The predicted molar refractivity (Wildman–Crippen MR) is 105 cm³/mol. The van der Waals surface area contributed by atoms with Gasteiger partial charge < -0.3 is 15.1 Å². The molecule has 1 amide bonds. The quantitative estimate of drug-likeness (QED) is 0.633. The number of nitrogens with one attached hydrogen (secondary N) is 2. The minimum Gasteiger partial charge on any atom is -0.459 e. The molecule has 0 aliphatic rings. The van der Waals surface area contributed by atoms with Crippen molar-refractivity contribution in [2.24, 2.45) is 5.92 Å². The highest BCUT2D eigenvalue weighted by Crippen LogP contribution is 2.24. The first-order valence-corrected chi connectivity index (χ1v) is 9.20. The average molecular weight is 368 g/mol. The molecule has 0 bridgehead atoms. The average Bonchev–Trinajstić information content (AvgIpc) is 3.07. The predicted octanol–water partition coefficient (Wildman–Crippen LogP) is 4.74. The smallest absolute Gasteiger partial charge is 0.234 e. The van der Waals surface area contributed by atoms with Crippen LogP contribution in [0.4, 0.5) is 4.39 Å². The van der Waals surface area contributed by atoms with Gasteiger partial charge in [-0.05, 0) is 42.7 Å². The van der Waals surface area contributed by atoms with Crippen molar-refractivity contribution in [2.45, 2.75) is 32.9 Å². The lowest BCUT2D eigenvalue weighted by Gasteiger charge is -2.23. The lowest BCUT2D eigenvalue weighted by atomic mass is 9.96. The Hall–Kier alpha value is -2.66. The first kappa shape index (κ1) is 19.1. The van der Waals surface area contributed by atoms with E-state index in [4.69, 9.17) is 4.42 Å². The lowest BCUT2D eigenvalue weighted by molar-refractivity contribution is -0.121. The number of hydrogen-bond acceptors (Lipinski definition) is 3. The number of benzene rings is 2. The zero-order valence-corrected chi connectivity index (χ0v) is 15.8. The first-order valence-electron chi connectivity index (χ1n) is 9.20. The van der Waals surface area contributed by atoms with Gasteiger partial charge in [-0.2, -0.15) is 0 Å². The molecule has 2 aromatic carbocycles. The van der Waals surface area contributed by atoms with Gasteiger partial charge >= 0.3 is 0 Å². The van der Waals surface area contributed by atoms with Gasteiger partial charge in [0.25, 0.3) is 0 Å². The Labute approximate surface area is 158 Å². The number of carbonyl (C=O) groups excluding carboxylic acids is 1. The molecule has 0 aliphatic carbocycles. The third-order valence-corrected chi connectivity index (χ3v) is 4.63. The second-order valence-electron chi connectivity index (χ2n) is 7.13. The summed E-state index contributed by atoms with van der Waals surface area (Å²) >= 11 is 0. The molecule has 1 aromatic heterocycles. The van der Waals surface area contributed by atoms with Crippen molar-refractivity contribution in [3.63, 3.8) is 0 Å². The number of furan rings is 1. The van der Waals surface area contributed by atoms with Crippen LogP contribution < -0.4 is 10.6 Å². The van der Waals surface area contributed by atoms with Crippen LogP contribution in [0.3, 0.4) is 0 Å². The summed E-state index contributed by atoms with van der Waals surface area (Å²) < 4.78 is 19.0. The van der Waals surface area contributed by atoms with E-state index >= 15 is 0 Å². The molecule has 3 aromatic rings. The third kappa shape index (κ3) is 4.74. The number of amides is 1. The van der Waals surface area contributed by atoms with Crippen molar-refractivity contribution in [3.05, 3.63) is 71.7 Å². The molecule has 5 heteroatoms. The number of fused-ring (bicyclic) bond motifs is 1. The van der Waals surface area contributed by atoms with Crippen LogP contribution >= 0.6 is 0 Å². The molecule has 142 valence electrons. The summed E-state index contributed by atoms with van der Waals surface area (Å²) in [5.74, 6) is 0.605. The molecule has 0 aliphatic heterocycles. The summed E-state index contributed by atoms with van der Waals surface area (Å²) in [4.78, 5) is 12.4. The molecule has 0 unspecified atom stereocenters. The normalized spacial score (nSPS) is 13.7. The zero-order valence-electron chi connectivity index (χ0n) is 15.8. The highest BCUT2D eigenvalue weighted by molar-refractivity contribution is 5.80. The van der Waals surface area contributed by atoms with Crippen LogP contribution in [-0.2, 0) is 4.79 Å². The summed E-state index contributed by atoms with van der Waals surface area (Å²) in [5, 5.41) is 7.25. The number of carbonyl (C=O) groups is 1. The van der Waals surface area contributed by atoms with E-state index in [2.05, 4.69) is 24.5 Å². The Morgan fingerprint density at radius 1 is 1.07 bits per heavy atom. The van der Waals surface area contributed by atoms with Gasteiger partial charge in [0.15, 0.2) is 0 Å². The molecule has 3 rings (SSSR count). The van der Waals surface area contributed by atoms with E-state index in [0.29, 0.717) is 0 Å². The van der Waals surface area contributed by atoms with E-state index in [1.807, 2.05) is 37.3 Å². The van der Waals surface area contributed by atoms with Gasteiger partial charge in [-0.15, -0.1) is 0 Å². The van der Waals surface area contributed by atoms with Crippen molar-refractivity contribution in [3.8, 4) is 0 Å². The second kappa shape index (κ2) is 8.35. The van der Waals surface area contributed by atoms with Crippen molar-refractivity contribution in [1.82, 2.24) is 10.6 Å². The molecule has 0 fully saturated rings. The summed E-state index contributed by atoms with van der Waals surface area (Å²) in [7, 11) is 0. The van der Waals surface area contributed by atoms with Crippen LogP contribution in [0.5, 0.6) is 0 Å². The number of rotatable bonds is 7. The number of hydrogen-bond donors (Lipinski definition) is 2. The van der Waals surface area contributed by atoms with Crippen molar-refractivity contribution in [1.29, 1.82) is 0 Å². The number of halogens is 1. The summed E-state index contributed by atoms with van der Waals surface area (Å²) in [6, 6.07) is 15.8. The molecule has 2 atom stereocenters.